The van der Waals surface area contributed by atoms with Crippen molar-refractivity contribution in [2.75, 3.05) is 11.1 Å². The van der Waals surface area contributed by atoms with E-state index in [0.717, 1.165) is 37.1 Å². The molecule has 0 bridgehead atoms. The lowest BCUT2D eigenvalue weighted by atomic mass is 10.2. The number of nitrogens with zero attached hydrogens (tertiary/aromatic N) is 3. The maximum atomic E-state index is 12.5. The molecule has 2 amide bonds. The Morgan fingerprint density at radius 2 is 2.00 bits per heavy atom. The fourth-order valence-corrected chi connectivity index (χ4v) is 5.42. The van der Waals surface area contributed by atoms with Crippen LogP contribution in [-0.4, -0.2) is 32.3 Å². The summed E-state index contributed by atoms with van der Waals surface area (Å²) in [6, 6.07) is 9.46. The highest BCUT2D eigenvalue weighted by Gasteiger charge is 2.26. The molecule has 10 heteroatoms. The molecule has 0 spiro atoms. The van der Waals surface area contributed by atoms with Crippen molar-refractivity contribution in [3.63, 3.8) is 0 Å². The Morgan fingerprint density at radius 1 is 1.23 bits per heavy atom. The van der Waals surface area contributed by atoms with Crippen molar-refractivity contribution >= 4 is 51.5 Å². The second-order valence-corrected chi connectivity index (χ2v) is 9.22. The Labute approximate surface area is 187 Å². The van der Waals surface area contributed by atoms with Crippen molar-refractivity contribution in [2.45, 2.75) is 36.9 Å². The summed E-state index contributed by atoms with van der Waals surface area (Å²) in [6.45, 7) is 0. The topological polar surface area (TPSA) is 103 Å². The molecule has 30 heavy (non-hydrogen) atoms. The summed E-state index contributed by atoms with van der Waals surface area (Å²) in [5, 5.41) is 15.0. The van der Waals surface area contributed by atoms with Gasteiger partial charge in [0, 0.05) is 11.6 Å². The van der Waals surface area contributed by atoms with Crippen LogP contribution in [0.2, 0.25) is 5.02 Å². The number of thioether (sulfide) groups is 1. The minimum Gasteiger partial charge on any atom is -0.366 e. The molecular formula is C20H20ClN5O2S2. The minimum atomic E-state index is -0.565. The summed E-state index contributed by atoms with van der Waals surface area (Å²) >= 11 is 8.99. The van der Waals surface area contributed by atoms with Crippen molar-refractivity contribution in [1.29, 1.82) is 0 Å². The van der Waals surface area contributed by atoms with E-state index >= 15 is 0 Å². The van der Waals surface area contributed by atoms with Gasteiger partial charge in [-0.25, -0.2) is 0 Å². The first-order valence-corrected chi connectivity index (χ1v) is 11.8. The number of carbonyl (C=O) groups is 2. The van der Waals surface area contributed by atoms with E-state index in [1.165, 1.54) is 23.1 Å². The maximum absolute atomic E-state index is 12.5. The van der Waals surface area contributed by atoms with Crippen molar-refractivity contribution in [3.8, 4) is 11.4 Å². The van der Waals surface area contributed by atoms with Gasteiger partial charge in [0.1, 0.15) is 5.00 Å². The monoisotopic (exact) mass is 461 g/mol. The molecule has 2 aromatic heterocycles. The number of primary amides is 1. The van der Waals surface area contributed by atoms with Crippen LogP contribution in [-0.2, 0) is 4.79 Å². The molecule has 1 aromatic carbocycles. The lowest BCUT2D eigenvalue weighted by Crippen LogP contribution is -2.18. The Kier molecular flexibility index (Phi) is 6.40. The van der Waals surface area contributed by atoms with Gasteiger partial charge in [-0.2, -0.15) is 0 Å². The largest absolute Gasteiger partial charge is 0.366 e. The van der Waals surface area contributed by atoms with Gasteiger partial charge in [0.25, 0.3) is 5.91 Å². The molecule has 4 rings (SSSR count). The second-order valence-electron chi connectivity index (χ2n) is 6.96. The fraction of sp³-hybridized carbons (Fsp3) is 0.300. The quantitative estimate of drug-likeness (QED) is 0.500. The molecule has 1 aliphatic carbocycles. The number of benzene rings is 1. The number of rotatable bonds is 7. The van der Waals surface area contributed by atoms with Crippen LogP contribution in [0.3, 0.4) is 0 Å². The molecule has 0 radical (unpaired) electrons. The molecule has 156 valence electrons. The number of hydrogen-bond donors (Lipinski definition) is 2. The molecule has 2 heterocycles. The first-order chi connectivity index (χ1) is 14.5. The van der Waals surface area contributed by atoms with E-state index < -0.39 is 5.91 Å². The smallest absolute Gasteiger partial charge is 0.251 e. The number of nitrogens with two attached hydrogens (primary N) is 1. The van der Waals surface area contributed by atoms with Gasteiger partial charge >= 0.3 is 0 Å². The summed E-state index contributed by atoms with van der Waals surface area (Å²) < 4.78 is 2.12. The zero-order chi connectivity index (χ0) is 21.1. The number of halogens is 1. The van der Waals surface area contributed by atoms with E-state index in [-0.39, 0.29) is 17.7 Å². The highest BCUT2D eigenvalue weighted by atomic mass is 35.5. The first-order valence-electron chi connectivity index (χ1n) is 9.54. The van der Waals surface area contributed by atoms with Crippen LogP contribution in [0.5, 0.6) is 0 Å². The molecule has 7 nitrogen and oxygen atoms in total. The zero-order valence-corrected chi connectivity index (χ0v) is 18.4. The summed E-state index contributed by atoms with van der Waals surface area (Å²) in [4.78, 5) is 23.9. The lowest BCUT2D eigenvalue weighted by Gasteiger charge is -2.17. The van der Waals surface area contributed by atoms with Gasteiger partial charge in [0.15, 0.2) is 11.0 Å². The third-order valence-electron chi connectivity index (χ3n) is 4.99. The van der Waals surface area contributed by atoms with Crippen molar-refractivity contribution in [2.24, 2.45) is 5.73 Å². The Balaban J connectivity index is 1.54. The average Bonchev–Trinajstić information content (AvgIpc) is 3.47. The highest BCUT2D eigenvalue weighted by molar-refractivity contribution is 7.99. The van der Waals surface area contributed by atoms with Crippen LogP contribution in [0.1, 0.15) is 42.1 Å². The number of anilines is 1. The molecule has 3 N–H and O–H groups in total. The molecule has 1 saturated carbocycles. The molecule has 0 unspecified atom stereocenters. The fourth-order valence-electron chi connectivity index (χ4n) is 3.59. The Morgan fingerprint density at radius 3 is 2.73 bits per heavy atom. The molecule has 0 aliphatic heterocycles. The predicted molar refractivity (Wildman–Crippen MR) is 120 cm³/mol. The third kappa shape index (κ3) is 4.38. The van der Waals surface area contributed by atoms with Crippen molar-refractivity contribution in [1.82, 2.24) is 14.8 Å². The van der Waals surface area contributed by atoms with Gasteiger partial charge in [-0.3, -0.25) is 14.2 Å². The number of amides is 2. The highest BCUT2D eigenvalue weighted by Crippen LogP contribution is 2.38. The Hall–Kier alpha value is -2.36. The summed E-state index contributed by atoms with van der Waals surface area (Å²) in [6.07, 6.45) is 4.41. The molecule has 1 aliphatic rings. The van der Waals surface area contributed by atoms with Gasteiger partial charge in [0.2, 0.25) is 5.91 Å². The average molecular weight is 462 g/mol. The zero-order valence-electron chi connectivity index (χ0n) is 16.0. The number of thiophene rings is 1. The molecule has 1 fully saturated rings. The summed E-state index contributed by atoms with van der Waals surface area (Å²) in [5.74, 6) is 0.0724. The van der Waals surface area contributed by atoms with Crippen LogP contribution >= 0.6 is 34.7 Å². The number of aromatic nitrogens is 3. The van der Waals surface area contributed by atoms with E-state index in [9.17, 15) is 9.59 Å². The van der Waals surface area contributed by atoms with Crippen LogP contribution in [0.25, 0.3) is 11.4 Å². The van der Waals surface area contributed by atoms with Gasteiger partial charge in [-0.05, 0) is 36.4 Å². The Bertz CT molecular complexity index is 1070. The number of nitrogens with one attached hydrogen (secondary N) is 1. The van der Waals surface area contributed by atoms with Gasteiger partial charge < -0.3 is 11.1 Å². The number of hydrogen-bond acceptors (Lipinski definition) is 6. The normalized spacial score (nSPS) is 14.2. The lowest BCUT2D eigenvalue weighted by molar-refractivity contribution is -0.113. The van der Waals surface area contributed by atoms with Gasteiger partial charge in [-0.15, -0.1) is 21.5 Å². The SMILES string of the molecule is NC(=O)c1ccsc1NC(=O)CSc1nnc(-c2ccccc2Cl)n1C1CCCC1. The summed E-state index contributed by atoms with van der Waals surface area (Å²) in [7, 11) is 0. The van der Waals surface area contributed by atoms with Crippen molar-refractivity contribution < 1.29 is 9.59 Å². The molecule has 3 aromatic rings. The molecule has 0 saturated heterocycles. The van der Waals surface area contributed by atoms with Crippen LogP contribution in [0, 0.1) is 0 Å². The summed E-state index contributed by atoms with van der Waals surface area (Å²) in [5.41, 5.74) is 6.48. The van der Waals surface area contributed by atoms with Gasteiger partial charge in [0.05, 0.1) is 16.3 Å². The van der Waals surface area contributed by atoms with Crippen LogP contribution < -0.4 is 11.1 Å². The molecule has 0 atom stereocenters. The van der Waals surface area contributed by atoms with Crippen LogP contribution in [0.15, 0.2) is 40.9 Å². The predicted octanol–water partition coefficient (Wildman–Crippen LogP) is 4.60. The minimum absolute atomic E-state index is 0.142. The van der Waals surface area contributed by atoms with Crippen molar-refractivity contribution in [3.05, 3.63) is 46.3 Å². The van der Waals surface area contributed by atoms with Gasteiger partial charge in [-0.1, -0.05) is 48.3 Å². The van der Waals surface area contributed by atoms with E-state index in [4.69, 9.17) is 17.3 Å². The maximum Gasteiger partial charge on any atom is 0.251 e. The third-order valence-corrected chi connectivity index (χ3v) is 7.09. The number of carbonyl (C=O) groups excluding carboxylic acids is 2. The van der Waals surface area contributed by atoms with Crippen LogP contribution in [0.4, 0.5) is 5.00 Å². The second kappa shape index (κ2) is 9.20. The van der Waals surface area contributed by atoms with E-state index in [0.29, 0.717) is 20.7 Å². The van der Waals surface area contributed by atoms with E-state index in [1.807, 2.05) is 24.3 Å². The standard InChI is InChI=1S/C20H20ClN5O2S2/c21-15-8-4-3-7-13(15)18-24-25-20(26(18)12-5-1-2-6-12)30-11-16(27)23-19-14(17(22)28)9-10-29-19/h3-4,7-10,12H,1-2,5-6,11H2,(H2,22,28)(H,23,27). The van der Waals surface area contributed by atoms with E-state index in [2.05, 4.69) is 20.1 Å². The first kappa shape index (κ1) is 20.9. The van der Waals surface area contributed by atoms with E-state index in [1.54, 1.807) is 11.4 Å². The molecular weight excluding hydrogens is 442 g/mol.